The standard InChI is InChI=1S/6Bi. The predicted molar refractivity (Wildman–Crippen MR) is 34.5 cm³/mol. The molecular weight excluding hydrogens is 1250 g/mol. The third-order valence-corrected chi connectivity index (χ3v) is 0. The monoisotopic (exact) mass is 1250 g/mol. The van der Waals surface area contributed by atoms with Crippen molar-refractivity contribution in [3.05, 3.63) is 0 Å². The van der Waals surface area contributed by atoms with Gasteiger partial charge in [-0.05, 0) is 0 Å². The van der Waals surface area contributed by atoms with E-state index in [9.17, 15) is 0 Å². The molecule has 0 aromatic rings. The van der Waals surface area contributed by atoms with Gasteiger partial charge in [0, 0.05) is 0 Å². The van der Waals surface area contributed by atoms with Gasteiger partial charge in [-0.25, -0.2) is 0 Å². The molecule has 0 N–H and O–H groups in total. The first-order chi connectivity index (χ1) is 3.00. The summed E-state index contributed by atoms with van der Waals surface area (Å²) < 4.78 is 0. The van der Waals surface area contributed by atoms with Crippen LogP contribution in [0.4, 0.5) is 0 Å². The Hall–Kier alpha value is 5.30. The second-order valence-electron chi connectivity index (χ2n) is 0. The molecule has 0 bridgehead atoms. The average Bonchev–Trinajstić information content (AvgIpc) is 1.81. The topological polar surface area (TPSA) is 0 Å². The molecule has 0 saturated carbocycles. The minimum atomic E-state index is 1.56. The van der Waals surface area contributed by atoms with Crippen LogP contribution in [0.25, 0.3) is 0 Å². The third kappa shape index (κ3) is 22.8. The fourth-order valence-electron chi connectivity index (χ4n) is 0. The van der Waals surface area contributed by atoms with Crippen molar-refractivity contribution < 1.29 is 0 Å². The van der Waals surface area contributed by atoms with E-state index in [1.165, 1.54) is 0 Å². The van der Waals surface area contributed by atoms with Crippen LogP contribution in [0.1, 0.15) is 0 Å². The van der Waals surface area contributed by atoms with Crippen molar-refractivity contribution in [3.8, 4) is 0 Å². The van der Waals surface area contributed by atoms with Crippen molar-refractivity contribution in [2.75, 3.05) is 0 Å². The van der Waals surface area contributed by atoms with E-state index < -0.39 is 0 Å². The summed E-state index contributed by atoms with van der Waals surface area (Å²) in [5, 5.41) is 0. The zero-order valence-electron chi connectivity index (χ0n) is 2.68. The first-order valence-corrected chi connectivity index (χ1v) is 46.2. The van der Waals surface area contributed by atoms with Crippen molar-refractivity contribution in [2.24, 2.45) is 0 Å². The van der Waals surface area contributed by atoms with Gasteiger partial charge >= 0.3 is 116 Å². The summed E-state index contributed by atoms with van der Waals surface area (Å²) in [6.45, 7) is 0. The van der Waals surface area contributed by atoms with Crippen LogP contribution < -0.4 is 0 Å². The maximum atomic E-state index is 1.56. The van der Waals surface area contributed by atoms with Crippen LogP contribution in [-0.4, -0.2) is 116 Å². The first kappa shape index (κ1) is 17.4. The average molecular weight is 1250 g/mol. The Kier molecular flexibility index (Phi) is 92.0. The van der Waals surface area contributed by atoms with Gasteiger partial charge in [-0.1, -0.05) is 0 Å². The van der Waals surface area contributed by atoms with Crippen LogP contribution in [0.3, 0.4) is 0 Å². The van der Waals surface area contributed by atoms with Gasteiger partial charge < -0.3 is 0 Å². The van der Waals surface area contributed by atoms with Gasteiger partial charge in [0.05, 0.1) is 0 Å². The van der Waals surface area contributed by atoms with Gasteiger partial charge in [0.15, 0.2) is 0 Å². The second-order valence-corrected chi connectivity index (χ2v) is 0. The van der Waals surface area contributed by atoms with Gasteiger partial charge in [0.1, 0.15) is 0 Å². The maximum absolute atomic E-state index is 1.56. The summed E-state index contributed by atoms with van der Waals surface area (Å²) in [5.41, 5.74) is 0. The molecule has 30 valence electrons. The Morgan fingerprint density at radius 3 is 0.333 bits per heavy atom. The molecule has 0 aliphatic rings. The van der Waals surface area contributed by atoms with E-state index in [2.05, 4.69) is 0 Å². The molecule has 0 unspecified atom stereocenters. The van der Waals surface area contributed by atoms with Gasteiger partial charge in [-0.2, -0.15) is 0 Å². The van der Waals surface area contributed by atoms with Crippen LogP contribution in [0, 0.1) is 0 Å². The third-order valence-electron chi connectivity index (χ3n) is 0. The van der Waals surface area contributed by atoms with Crippen molar-refractivity contribution in [1.82, 2.24) is 0 Å². The fraction of sp³-hybridized carbons (Fsp3) is 0. The Bertz CT molecular complexity index is 4.75. The van der Waals surface area contributed by atoms with Crippen LogP contribution in [0.15, 0.2) is 0 Å². The zero-order valence-corrected chi connectivity index (χ0v) is 23.5. The molecular formula is Bi6. The van der Waals surface area contributed by atoms with E-state index in [1.807, 2.05) is 0 Å². The predicted octanol–water partition coefficient (Wildman–Crippen LogP) is -2.28. The van der Waals surface area contributed by atoms with Crippen LogP contribution in [0.5, 0.6) is 0 Å². The summed E-state index contributed by atoms with van der Waals surface area (Å²) in [6, 6.07) is 0. The molecule has 0 rings (SSSR count). The van der Waals surface area contributed by atoms with Gasteiger partial charge in [0.2, 0.25) is 0 Å². The Morgan fingerprint density at radius 1 is 0.333 bits per heavy atom. The van der Waals surface area contributed by atoms with Gasteiger partial charge in [0.25, 0.3) is 0 Å². The molecule has 0 aromatic heterocycles. The summed E-state index contributed by atoms with van der Waals surface area (Å²) >= 11 is 9.33. The van der Waals surface area contributed by atoms with Crippen molar-refractivity contribution in [2.45, 2.75) is 0 Å². The van der Waals surface area contributed by atoms with Crippen molar-refractivity contribution in [1.29, 1.82) is 0 Å². The summed E-state index contributed by atoms with van der Waals surface area (Å²) in [6.07, 6.45) is 0. The van der Waals surface area contributed by atoms with Crippen molar-refractivity contribution in [3.63, 3.8) is 0 Å². The van der Waals surface area contributed by atoms with Gasteiger partial charge in [-0.3, -0.25) is 0 Å². The minimum absolute atomic E-state index is 1.56. The molecule has 0 aromatic carbocycles. The summed E-state index contributed by atoms with van der Waals surface area (Å²) in [7, 11) is 0. The second kappa shape index (κ2) is 31.7. The first-order valence-electron chi connectivity index (χ1n) is 0.600. The van der Waals surface area contributed by atoms with Crippen LogP contribution >= 0.6 is 0 Å². The van der Waals surface area contributed by atoms with E-state index in [0.717, 1.165) is 0 Å². The molecule has 0 aliphatic heterocycles. The van der Waals surface area contributed by atoms with E-state index in [-0.39, 0.29) is 0 Å². The number of rotatable bonds is 0. The zero-order chi connectivity index (χ0) is 6.00. The van der Waals surface area contributed by atoms with E-state index in [1.54, 1.807) is 116 Å². The van der Waals surface area contributed by atoms with E-state index in [0.29, 0.717) is 0 Å². The van der Waals surface area contributed by atoms with Crippen LogP contribution in [-0.2, 0) is 0 Å². The molecule has 0 aliphatic carbocycles. The Labute approximate surface area is 111 Å². The summed E-state index contributed by atoms with van der Waals surface area (Å²) in [4.78, 5) is 0. The molecule has 0 nitrogen and oxygen atoms in total. The number of hydrogen-bond donors (Lipinski definition) is 0. The molecule has 0 atom stereocenters. The molecule has 6 heteroatoms. The molecule has 0 fully saturated rings. The Balaban J connectivity index is -0.0000000225. The van der Waals surface area contributed by atoms with Crippen molar-refractivity contribution >= 4 is 116 Å². The van der Waals surface area contributed by atoms with Gasteiger partial charge in [-0.15, -0.1) is 0 Å². The molecule has 0 saturated heterocycles. The summed E-state index contributed by atoms with van der Waals surface area (Å²) in [5.74, 6) is 0. The van der Waals surface area contributed by atoms with E-state index >= 15 is 0 Å². The SMILES string of the molecule is [Bi]=[Bi].[Bi]=[Bi].[Bi]=[Bi]. The van der Waals surface area contributed by atoms with E-state index in [4.69, 9.17) is 0 Å². The normalized spacial score (nSPS) is 2.00. The molecule has 0 amide bonds. The molecule has 6 radical (unpaired) electrons. The number of hydrogen-bond acceptors (Lipinski definition) is 0. The quantitative estimate of drug-likeness (QED) is 0.241. The molecule has 0 spiro atoms. The molecule has 0 heterocycles. The molecule has 6 heavy (non-hydrogen) atoms. The fourth-order valence-corrected chi connectivity index (χ4v) is 0. The van der Waals surface area contributed by atoms with Crippen LogP contribution in [0.2, 0.25) is 0 Å². The Morgan fingerprint density at radius 2 is 0.333 bits per heavy atom.